The number of carbonyl (C=O) groups is 1. The van der Waals surface area contributed by atoms with Crippen molar-refractivity contribution in [1.82, 2.24) is 5.32 Å². The second-order valence-corrected chi connectivity index (χ2v) is 5.03. The second kappa shape index (κ2) is 4.67. The molecular formula is C12H13BrN2O. The van der Waals surface area contributed by atoms with Crippen molar-refractivity contribution < 1.29 is 4.79 Å². The van der Waals surface area contributed by atoms with E-state index in [1.165, 1.54) is 0 Å². The van der Waals surface area contributed by atoms with Crippen LogP contribution in [0.3, 0.4) is 0 Å². The minimum Gasteiger partial charge on any atom is -0.334 e. The Labute approximate surface area is 104 Å². The molecule has 0 radical (unpaired) electrons. The number of hydrogen-bond acceptors (Lipinski definition) is 2. The van der Waals surface area contributed by atoms with Gasteiger partial charge in [-0.3, -0.25) is 4.79 Å². The Kier molecular flexibility index (Phi) is 3.71. The summed E-state index contributed by atoms with van der Waals surface area (Å²) >= 11 is 3.32. The number of hydrogen-bond donors (Lipinski definition) is 1. The Morgan fingerprint density at radius 3 is 2.69 bits per heavy atom. The first-order valence-electron chi connectivity index (χ1n) is 4.85. The minimum atomic E-state index is -0.861. The van der Waals surface area contributed by atoms with Crippen LogP contribution in [0.1, 0.15) is 29.8 Å². The number of nitrogens with zero attached hydrogens (tertiary/aromatic N) is 1. The number of aryl methyl sites for hydroxylation is 1. The van der Waals surface area contributed by atoms with E-state index in [0.717, 1.165) is 10.0 Å². The number of benzene rings is 1. The molecule has 1 rings (SSSR count). The fraction of sp³-hybridized carbons (Fsp3) is 0.333. The molecule has 0 aliphatic heterocycles. The third-order valence-electron chi connectivity index (χ3n) is 2.07. The third kappa shape index (κ3) is 3.07. The second-order valence-electron chi connectivity index (χ2n) is 4.17. The molecule has 16 heavy (non-hydrogen) atoms. The van der Waals surface area contributed by atoms with Crippen LogP contribution in [-0.4, -0.2) is 11.4 Å². The monoisotopic (exact) mass is 280 g/mol. The van der Waals surface area contributed by atoms with Gasteiger partial charge in [0.15, 0.2) is 0 Å². The van der Waals surface area contributed by atoms with Crippen molar-refractivity contribution in [1.29, 1.82) is 5.26 Å². The molecule has 0 unspecified atom stereocenters. The van der Waals surface area contributed by atoms with Crippen molar-refractivity contribution in [3.8, 4) is 6.07 Å². The average molecular weight is 281 g/mol. The van der Waals surface area contributed by atoms with Gasteiger partial charge >= 0.3 is 0 Å². The summed E-state index contributed by atoms with van der Waals surface area (Å²) in [5.74, 6) is -0.248. The third-order valence-corrected chi connectivity index (χ3v) is 2.76. The van der Waals surface area contributed by atoms with Crippen LogP contribution in [0, 0.1) is 18.3 Å². The SMILES string of the molecule is Cc1ccc(Br)c(C(=O)NC(C)(C)C#N)c1. The van der Waals surface area contributed by atoms with Crippen LogP contribution >= 0.6 is 15.9 Å². The highest BCUT2D eigenvalue weighted by molar-refractivity contribution is 9.10. The molecule has 4 heteroatoms. The van der Waals surface area contributed by atoms with Gasteiger partial charge in [-0.05, 0) is 48.8 Å². The molecule has 0 saturated heterocycles. The first-order valence-corrected chi connectivity index (χ1v) is 5.65. The highest BCUT2D eigenvalue weighted by Gasteiger charge is 2.21. The van der Waals surface area contributed by atoms with Gasteiger partial charge in [-0.25, -0.2) is 0 Å². The van der Waals surface area contributed by atoms with Crippen molar-refractivity contribution >= 4 is 21.8 Å². The summed E-state index contributed by atoms with van der Waals surface area (Å²) in [4.78, 5) is 11.9. The lowest BCUT2D eigenvalue weighted by molar-refractivity contribution is 0.0928. The van der Waals surface area contributed by atoms with Crippen LogP contribution in [0.5, 0.6) is 0 Å². The van der Waals surface area contributed by atoms with Crippen molar-refractivity contribution in [2.75, 3.05) is 0 Å². The van der Waals surface area contributed by atoms with Gasteiger partial charge in [-0.15, -0.1) is 0 Å². The van der Waals surface area contributed by atoms with E-state index in [-0.39, 0.29) is 5.91 Å². The highest BCUT2D eigenvalue weighted by atomic mass is 79.9. The predicted octanol–water partition coefficient (Wildman–Crippen LogP) is 2.79. The molecule has 0 saturated carbocycles. The molecular weight excluding hydrogens is 268 g/mol. The molecule has 0 bridgehead atoms. The average Bonchev–Trinajstić information content (AvgIpc) is 2.21. The van der Waals surface area contributed by atoms with Gasteiger partial charge in [0.2, 0.25) is 0 Å². The zero-order chi connectivity index (χ0) is 12.3. The summed E-state index contributed by atoms with van der Waals surface area (Å²) < 4.78 is 0.726. The van der Waals surface area contributed by atoms with E-state index in [9.17, 15) is 4.79 Å². The molecule has 0 atom stereocenters. The molecule has 0 spiro atoms. The maximum atomic E-state index is 11.9. The van der Waals surface area contributed by atoms with Gasteiger partial charge in [0.25, 0.3) is 5.91 Å². The van der Waals surface area contributed by atoms with Crippen LogP contribution in [0.4, 0.5) is 0 Å². The molecule has 1 amide bonds. The summed E-state index contributed by atoms with van der Waals surface area (Å²) in [5.41, 5.74) is 0.687. The maximum absolute atomic E-state index is 11.9. The quantitative estimate of drug-likeness (QED) is 0.906. The highest BCUT2D eigenvalue weighted by Crippen LogP contribution is 2.18. The molecule has 0 fully saturated rings. The van der Waals surface area contributed by atoms with Gasteiger partial charge in [0, 0.05) is 4.47 Å². The molecule has 3 nitrogen and oxygen atoms in total. The molecule has 0 aliphatic carbocycles. The summed E-state index contributed by atoms with van der Waals surface area (Å²) in [6.07, 6.45) is 0. The lowest BCUT2D eigenvalue weighted by Crippen LogP contribution is -2.42. The molecule has 1 N–H and O–H groups in total. The van der Waals surface area contributed by atoms with Crippen molar-refractivity contribution in [2.24, 2.45) is 0 Å². The largest absolute Gasteiger partial charge is 0.334 e. The topological polar surface area (TPSA) is 52.9 Å². The van der Waals surface area contributed by atoms with Crippen molar-refractivity contribution in [2.45, 2.75) is 26.3 Å². The molecule has 84 valence electrons. The standard InChI is InChI=1S/C12H13BrN2O/c1-8-4-5-10(13)9(6-8)11(16)15-12(2,3)7-14/h4-6H,1-3H3,(H,15,16). The number of nitriles is 1. The van der Waals surface area contributed by atoms with Gasteiger partial charge < -0.3 is 5.32 Å². The predicted molar refractivity (Wildman–Crippen MR) is 66.0 cm³/mol. The summed E-state index contributed by atoms with van der Waals surface area (Å²) in [7, 11) is 0. The fourth-order valence-corrected chi connectivity index (χ4v) is 1.62. The van der Waals surface area contributed by atoms with E-state index < -0.39 is 5.54 Å². The van der Waals surface area contributed by atoms with Gasteiger partial charge in [0.1, 0.15) is 5.54 Å². The fourth-order valence-electron chi connectivity index (χ4n) is 1.19. The van der Waals surface area contributed by atoms with Gasteiger partial charge in [-0.2, -0.15) is 5.26 Å². The van der Waals surface area contributed by atoms with E-state index >= 15 is 0 Å². The first-order chi connectivity index (χ1) is 7.35. The number of amides is 1. The Hall–Kier alpha value is -1.34. The summed E-state index contributed by atoms with van der Waals surface area (Å²) in [6, 6.07) is 7.55. The maximum Gasteiger partial charge on any atom is 0.253 e. The summed E-state index contributed by atoms with van der Waals surface area (Å²) in [6.45, 7) is 5.24. The Balaban J connectivity index is 2.98. The van der Waals surface area contributed by atoms with E-state index in [2.05, 4.69) is 21.2 Å². The van der Waals surface area contributed by atoms with E-state index in [4.69, 9.17) is 5.26 Å². The summed E-state index contributed by atoms with van der Waals surface area (Å²) in [5, 5.41) is 11.5. The molecule has 0 aliphatic rings. The van der Waals surface area contributed by atoms with Crippen LogP contribution in [0.25, 0.3) is 0 Å². The van der Waals surface area contributed by atoms with Crippen LogP contribution in [0.15, 0.2) is 22.7 Å². The van der Waals surface area contributed by atoms with E-state index in [1.54, 1.807) is 19.9 Å². The Morgan fingerprint density at radius 1 is 1.50 bits per heavy atom. The lowest BCUT2D eigenvalue weighted by Gasteiger charge is -2.18. The molecule has 1 aromatic carbocycles. The smallest absolute Gasteiger partial charge is 0.253 e. The number of halogens is 1. The first kappa shape index (κ1) is 12.7. The lowest BCUT2D eigenvalue weighted by atomic mass is 10.1. The van der Waals surface area contributed by atoms with Crippen LogP contribution in [-0.2, 0) is 0 Å². The van der Waals surface area contributed by atoms with E-state index in [1.807, 2.05) is 25.1 Å². The minimum absolute atomic E-state index is 0.248. The van der Waals surface area contributed by atoms with Crippen LogP contribution < -0.4 is 5.32 Å². The van der Waals surface area contributed by atoms with Crippen LogP contribution in [0.2, 0.25) is 0 Å². The normalized spacial score (nSPS) is 10.7. The molecule has 0 aromatic heterocycles. The molecule has 1 aromatic rings. The molecule has 0 heterocycles. The Bertz CT molecular complexity index is 461. The van der Waals surface area contributed by atoms with Crippen molar-refractivity contribution in [3.63, 3.8) is 0 Å². The number of nitrogens with one attached hydrogen (secondary N) is 1. The number of carbonyl (C=O) groups excluding carboxylic acids is 1. The van der Waals surface area contributed by atoms with Crippen molar-refractivity contribution in [3.05, 3.63) is 33.8 Å². The zero-order valence-electron chi connectivity index (χ0n) is 9.47. The van der Waals surface area contributed by atoms with E-state index in [0.29, 0.717) is 5.56 Å². The number of rotatable bonds is 2. The van der Waals surface area contributed by atoms with Gasteiger partial charge in [0.05, 0.1) is 11.6 Å². The zero-order valence-corrected chi connectivity index (χ0v) is 11.1. The Morgan fingerprint density at radius 2 is 2.12 bits per heavy atom. The van der Waals surface area contributed by atoms with Gasteiger partial charge in [-0.1, -0.05) is 11.6 Å².